The fourth-order valence-electron chi connectivity index (χ4n) is 2.62. The van der Waals surface area contributed by atoms with E-state index in [4.69, 9.17) is 5.11 Å². The number of hydrogen-bond acceptors (Lipinski definition) is 3. The second kappa shape index (κ2) is 18.5. The van der Waals surface area contributed by atoms with Crippen LogP contribution in [0.3, 0.4) is 0 Å². The zero-order valence-corrected chi connectivity index (χ0v) is 16.1. The summed E-state index contributed by atoms with van der Waals surface area (Å²) in [5, 5.41) is 12.2. The van der Waals surface area contributed by atoms with Crippen molar-refractivity contribution in [1.82, 2.24) is 10.2 Å². The number of hydrogen-bond donors (Lipinski definition) is 2. The smallest absolute Gasteiger partial charge is 0.220 e. The third-order valence-electron chi connectivity index (χ3n) is 4.18. The van der Waals surface area contributed by atoms with Gasteiger partial charge in [-0.2, -0.15) is 0 Å². The number of carbonyl (C=O) groups is 1. The highest BCUT2D eigenvalue weighted by molar-refractivity contribution is 5.75. The molecule has 24 heavy (non-hydrogen) atoms. The van der Waals surface area contributed by atoms with Crippen molar-refractivity contribution in [2.24, 2.45) is 0 Å². The van der Waals surface area contributed by atoms with Crippen LogP contribution in [0.15, 0.2) is 12.2 Å². The number of rotatable bonds is 17. The van der Waals surface area contributed by atoms with E-state index in [9.17, 15) is 4.79 Å². The van der Waals surface area contributed by atoms with Crippen molar-refractivity contribution in [2.75, 3.05) is 32.8 Å². The molecule has 0 fully saturated rings. The van der Waals surface area contributed by atoms with Gasteiger partial charge >= 0.3 is 0 Å². The lowest BCUT2D eigenvalue weighted by Crippen LogP contribution is -2.36. The Morgan fingerprint density at radius 3 is 2.33 bits per heavy atom. The second-order valence-electron chi connectivity index (χ2n) is 6.48. The van der Waals surface area contributed by atoms with Gasteiger partial charge in [-0.15, -0.1) is 0 Å². The highest BCUT2D eigenvalue weighted by atomic mass is 16.3. The molecule has 0 aromatic rings. The van der Waals surface area contributed by atoms with E-state index in [1.165, 1.54) is 32.1 Å². The molecule has 1 amide bonds. The number of aliphatic hydroxyl groups is 1. The fraction of sp³-hybridized carbons (Fsp3) is 0.850. The fourth-order valence-corrected chi connectivity index (χ4v) is 2.62. The van der Waals surface area contributed by atoms with E-state index in [2.05, 4.69) is 36.2 Å². The quantitative estimate of drug-likeness (QED) is 0.312. The molecular weight excluding hydrogens is 300 g/mol. The summed E-state index contributed by atoms with van der Waals surface area (Å²) in [6.45, 7) is 7.68. The molecule has 0 spiro atoms. The van der Waals surface area contributed by atoms with Gasteiger partial charge in [-0.3, -0.25) is 9.69 Å². The van der Waals surface area contributed by atoms with Crippen molar-refractivity contribution >= 4 is 5.91 Å². The van der Waals surface area contributed by atoms with E-state index in [0.717, 1.165) is 38.8 Å². The molecule has 4 heteroatoms. The number of nitrogens with one attached hydrogen (secondary N) is 1. The average Bonchev–Trinajstić information content (AvgIpc) is 2.57. The number of unbranched alkanes of at least 4 members (excludes halogenated alkanes) is 6. The molecule has 0 aliphatic rings. The third-order valence-corrected chi connectivity index (χ3v) is 4.18. The van der Waals surface area contributed by atoms with Crippen LogP contribution < -0.4 is 5.32 Å². The zero-order valence-electron chi connectivity index (χ0n) is 16.1. The molecule has 0 heterocycles. The van der Waals surface area contributed by atoms with Crippen LogP contribution >= 0.6 is 0 Å². The Balaban J connectivity index is 3.71. The first-order valence-electron chi connectivity index (χ1n) is 9.99. The summed E-state index contributed by atoms with van der Waals surface area (Å²) in [5.74, 6) is 0.162. The van der Waals surface area contributed by atoms with Crippen LogP contribution in [0, 0.1) is 0 Å². The lowest BCUT2D eigenvalue weighted by molar-refractivity contribution is -0.121. The van der Waals surface area contributed by atoms with Gasteiger partial charge in [-0.25, -0.2) is 0 Å². The first-order valence-corrected chi connectivity index (χ1v) is 9.99. The van der Waals surface area contributed by atoms with E-state index in [0.29, 0.717) is 19.5 Å². The molecule has 0 bridgehead atoms. The van der Waals surface area contributed by atoms with Gasteiger partial charge in [0.15, 0.2) is 0 Å². The molecule has 0 saturated carbocycles. The molecule has 0 aromatic carbocycles. The number of carbonyl (C=O) groups excluding carboxylic acids is 1. The Kier molecular flexibility index (Phi) is 17.8. The van der Waals surface area contributed by atoms with E-state index < -0.39 is 0 Å². The Hall–Kier alpha value is -0.870. The normalized spacial score (nSPS) is 11.5. The molecule has 142 valence electrons. The maximum absolute atomic E-state index is 11.8. The Labute approximate surface area is 149 Å². The van der Waals surface area contributed by atoms with E-state index in [1.54, 1.807) is 0 Å². The van der Waals surface area contributed by atoms with Gasteiger partial charge in [0.25, 0.3) is 0 Å². The summed E-state index contributed by atoms with van der Waals surface area (Å²) in [6, 6.07) is 0. The minimum Gasteiger partial charge on any atom is -0.395 e. The summed E-state index contributed by atoms with van der Waals surface area (Å²) in [4.78, 5) is 14.0. The molecule has 0 rings (SSSR count). The highest BCUT2D eigenvalue weighted by Gasteiger charge is 2.05. The van der Waals surface area contributed by atoms with Crippen LogP contribution in [0.4, 0.5) is 0 Å². The van der Waals surface area contributed by atoms with Crippen molar-refractivity contribution in [1.29, 1.82) is 0 Å². The molecule has 0 atom stereocenters. The summed E-state index contributed by atoms with van der Waals surface area (Å²) in [6.07, 6.45) is 15.7. The van der Waals surface area contributed by atoms with Crippen LogP contribution in [0.5, 0.6) is 0 Å². The van der Waals surface area contributed by atoms with Gasteiger partial charge in [0.05, 0.1) is 6.61 Å². The monoisotopic (exact) mass is 340 g/mol. The van der Waals surface area contributed by atoms with E-state index in [-0.39, 0.29) is 12.5 Å². The molecule has 4 nitrogen and oxygen atoms in total. The summed E-state index contributed by atoms with van der Waals surface area (Å²) >= 11 is 0. The van der Waals surface area contributed by atoms with Gasteiger partial charge in [0, 0.05) is 32.6 Å². The SMILES string of the molecule is CCCC/C=C/CCN(CCO)CCNC(=O)CCCCCCC. The summed E-state index contributed by atoms with van der Waals surface area (Å²) < 4.78 is 0. The molecule has 0 aliphatic heterocycles. The van der Waals surface area contributed by atoms with Crippen molar-refractivity contribution in [2.45, 2.75) is 78.1 Å². The van der Waals surface area contributed by atoms with Crippen LogP contribution in [0.25, 0.3) is 0 Å². The number of amides is 1. The van der Waals surface area contributed by atoms with Crippen LogP contribution in [-0.2, 0) is 4.79 Å². The van der Waals surface area contributed by atoms with Gasteiger partial charge in [-0.1, -0.05) is 64.5 Å². The first kappa shape index (κ1) is 23.1. The Morgan fingerprint density at radius 2 is 1.62 bits per heavy atom. The van der Waals surface area contributed by atoms with Crippen molar-refractivity contribution in [3.63, 3.8) is 0 Å². The first-order chi connectivity index (χ1) is 11.7. The molecule has 0 unspecified atom stereocenters. The predicted molar refractivity (Wildman–Crippen MR) is 103 cm³/mol. The minimum absolute atomic E-state index is 0.162. The van der Waals surface area contributed by atoms with Gasteiger partial charge < -0.3 is 10.4 Å². The maximum atomic E-state index is 11.8. The topological polar surface area (TPSA) is 52.6 Å². The molecule has 0 saturated heterocycles. The minimum atomic E-state index is 0.162. The number of aliphatic hydroxyl groups excluding tert-OH is 1. The van der Waals surface area contributed by atoms with Crippen molar-refractivity contribution in [3.05, 3.63) is 12.2 Å². The Morgan fingerprint density at radius 1 is 0.917 bits per heavy atom. The summed E-state index contributed by atoms with van der Waals surface area (Å²) in [5.41, 5.74) is 0. The molecular formula is C20H40N2O2. The molecule has 0 aliphatic carbocycles. The lowest BCUT2D eigenvalue weighted by atomic mass is 10.1. The van der Waals surface area contributed by atoms with Crippen LogP contribution in [-0.4, -0.2) is 48.7 Å². The zero-order chi connectivity index (χ0) is 17.9. The summed E-state index contributed by atoms with van der Waals surface area (Å²) in [7, 11) is 0. The van der Waals surface area contributed by atoms with Gasteiger partial charge in [0.2, 0.25) is 5.91 Å². The second-order valence-corrected chi connectivity index (χ2v) is 6.48. The standard InChI is InChI=1S/C20H40N2O2/c1-3-5-7-9-11-13-16-22(18-19-23)17-15-21-20(24)14-12-10-8-6-4-2/h9,11,23H,3-8,10,12-19H2,1-2H3,(H,21,24)/b11-9+. The number of nitrogens with zero attached hydrogens (tertiary/aromatic N) is 1. The van der Waals surface area contributed by atoms with E-state index in [1.807, 2.05) is 0 Å². The highest BCUT2D eigenvalue weighted by Crippen LogP contribution is 2.04. The van der Waals surface area contributed by atoms with Crippen molar-refractivity contribution in [3.8, 4) is 0 Å². The predicted octanol–water partition coefficient (Wildman–Crippen LogP) is 3.89. The lowest BCUT2D eigenvalue weighted by Gasteiger charge is -2.20. The Bertz CT molecular complexity index is 306. The van der Waals surface area contributed by atoms with Crippen LogP contribution in [0.1, 0.15) is 78.1 Å². The maximum Gasteiger partial charge on any atom is 0.220 e. The van der Waals surface area contributed by atoms with Crippen molar-refractivity contribution < 1.29 is 9.90 Å². The molecule has 2 N–H and O–H groups in total. The van der Waals surface area contributed by atoms with Crippen LogP contribution in [0.2, 0.25) is 0 Å². The molecule has 0 radical (unpaired) electrons. The largest absolute Gasteiger partial charge is 0.395 e. The van der Waals surface area contributed by atoms with Gasteiger partial charge in [0.1, 0.15) is 0 Å². The third kappa shape index (κ3) is 16.0. The molecule has 0 aromatic heterocycles. The number of allylic oxidation sites excluding steroid dienone is 1. The average molecular weight is 341 g/mol. The van der Waals surface area contributed by atoms with E-state index >= 15 is 0 Å². The van der Waals surface area contributed by atoms with Gasteiger partial charge in [-0.05, 0) is 19.3 Å².